The van der Waals surface area contributed by atoms with Gasteiger partial charge in [0.15, 0.2) is 6.04 Å². The van der Waals surface area contributed by atoms with Crippen LogP contribution in [-0.2, 0) is 0 Å². The van der Waals surface area contributed by atoms with Crippen molar-refractivity contribution in [2.75, 3.05) is 16.8 Å². The molecule has 9 nitrogen and oxygen atoms in total. The highest BCUT2D eigenvalue weighted by molar-refractivity contribution is 7.21. The molecule has 0 unspecified atom stereocenters. The molecule has 0 saturated heterocycles. The van der Waals surface area contributed by atoms with Gasteiger partial charge in [-0.05, 0) is 27.1 Å². The number of nitrogens with zero attached hydrogens (tertiary/aromatic N) is 4. The molecule has 1 amide bonds. The summed E-state index contributed by atoms with van der Waals surface area (Å²) in [6.07, 6.45) is 3.75. The molecule has 0 aliphatic heterocycles. The molecule has 4 heterocycles. The first-order valence-electron chi connectivity index (χ1n) is 8.70. The highest BCUT2D eigenvalue weighted by atomic mass is 32.1. The number of carbonyl (C=O) groups excluding carboxylic acids is 1. The van der Waals surface area contributed by atoms with Gasteiger partial charge >= 0.3 is 5.88 Å². The third-order valence-corrected chi connectivity index (χ3v) is 6.45. The molecule has 29 heavy (non-hydrogen) atoms. The largest absolute Gasteiger partial charge is 0.397 e. The van der Waals surface area contributed by atoms with Gasteiger partial charge in [0.1, 0.15) is 27.2 Å². The zero-order valence-corrected chi connectivity index (χ0v) is 16.5. The lowest BCUT2D eigenvalue weighted by atomic mass is 9.99. The molecule has 0 atom stereocenters. The van der Waals surface area contributed by atoms with E-state index < -0.39 is 5.91 Å². The molecule has 1 saturated carbocycles. The van der Waals surface area contributed by atoms with Crippen LogP contribution in [0.25, 0.3) is 21.3 Å². The second-order valence-corrected chi connectivity index (χ2v) is 8.41. The van der Waals surface area contributed by atoms with Crippen molar-refractivity contribution in [1.29, 1.82) is 5.26 Å². The van der Waals surface area contributed by atoms with Gasteiger partial charge in [0.05, 0.1) is 5.69 Å². The highest BCUT2D eigenvalue weighted by Crippen LogP contribution is 2.43. The minimum absolute atomic E-state index is 0.107. The van der Waals surface area contributed by atoms with Crippen LogP contribution in [0.3, 0.4) is 0 Å². The van der Waals surface area contributed by atoms with E-state index in [1.165, 1.54) is 11.3 Å². The van der Waals surface area contributed by atoms with Crippen LogP contribution in [0, 0.1) is 11.3 Å². The molecule has 1 aliphatic rings. The van der Waals surface area contributed by atoms with Crippen LogP contribution < -0.4 is 21.5 Å². The summed E-state index contributed by atoms with van der Waals surface area (Å²) < 4.78 is 6.87. The van der Waals surface area contributed by atoms with Crippen molar-refractivity contribution in [2.24, 2.45) is 0 Å². The van der Waals surface area contributed by atoms with E-state index in [1.807, 2.05) is 16.8 Å². The van der Waals surface area contributed by atoms with Crippen molar-refractivity contribution in [3.63, 3.8) is 0 Å². The molecule has 144 valence electrons. The third kappa shape index (κ3) is 2.89. The van der Waals surface area contributed by atoms with Crippen LogP contribution >= 0.6 is 22.7 Å². The quantitative estimate of drug-likeness (QED) is 0.427. The Morgan fingerprint density at radius 1 is 1.41 bits per heavy atom. The van der Waals surface area contributed by atoms with Crippen molar-refractivity contribution < 1.29 is 14.0 Å². The van der Waals surface area contributed by atoms with E-state index in [0.717, 1.165) is 29.7 Å². The molecule has 0 aromatic carbocycles. The standard InChI is InChI=1S/C18H13N7O2S2/c19-5-10-12(8-3-4-28-7-8)13-14(20)15(29-18(13)23-16(10)21)17(26)22-11-6-25(24-27-11)9-1-2-9/h3-4,6-7,9H,1-2H2,(H4-,20,21,22,23,24,26)/p+1. The Morgan fingerprint density at radius 2 is 2.24 bits per heavy atom. The number of aromatic nitrogens is 3. The third-order valence-electron chi connectivity index (χ3n) is 4.67. The number of nitriles is 1. The van der Waals surface area contributed by atoms with Crippen molar-refractivity contribution in [2.45, 2.75) is 18.9 Å². The Labute approximate surface area is 172 Å². The number of amides is 1. The lowest BCUT2D eigenvalue weighted by Gasteiger charge is -2.07. The van der Waals surface area contributed by atoms with Crippen LogP contribution in [-0.4, -0.2) is 16.2 Å². The Balaban J connectivity index is 1.60. The molecule has 4 aromatic heterocycles. The van der Waals surface area contributed by atoms with Gasteiger partial charge in [0, 0.05) is 23.8 Å². The fourth-order valence-electron chi connectivity index (χ4n) is 3.14. The van der Waals surface area contributed by atoms with Gasteiger partial charge in [-0.1, -0.05) is 0 Å². The SMILES string of the molecule is N#Cc1c(N)nc2sc(C(=O)Nc3c[n+](C4CC4)no3)c(N)c2c1-c1ccsc1. The number of nitrogen functional groups attached to an aromatic ring is 2. The molecular formula is C18H14N7O2S2+. The van der Waals surface area contributed by atoms with Crippen molar-refractivity contribution in [3.05, 3.63) is 33.5 Å². The zero-order chi connectivity index (χ0) is 20.1. The normalized spacial score (nSPS) is 13.5. The molecule has 0 radical (unpaired) electrons. The van der Waals surface area contributed by atoms with Crippen LogP contribution in [0.15, 0.2) is 27.5 Å². The Kier molecular flexibility index (Phi) is 3.97. The van der Waals surface area contributed by atoms with Gasteiger partial charge in [-0.25, -0.2) is 4.98 Å². The summed E-state index contributed by atoms with van der Waals surface area (Å²) in [7, 11) is 0. The maximum atomic E-state index is 12.8. The number of thiophene rings is 2. The van der Waals surface area contributed by atoms with E-state index in [-0.39, 0.29) is 27.8 Å². The first kappa shape index (κ1) is 17.6. The van der Waals surface area contributed by atoms with Crippen LogP contribution in [0.2, 0.25) is 0 Å². The van der Waals surface area contributed by atoms with E-state index in [0.29, 0.717) is 21.8 Å². The Morgan fingerprint density at radius 3 is 2.93 bits per heavy atom. The number of nitrogens with two attached hydrogens (primary N) is 2. The molecule has 0 bridgehead atoms. The van der Waals surface area contributed by atoms with E-state index in [9.17, 15) is 10.1 Å². The first-order valence-corrected chi connectivity index (χ1v) is 10.5. The lowest BCUT2D eigenvalue weighted by molar-refractivity contribution is -0.765. The fourth-order valence-corrected chi connectivity index (χ4v) is 4.79. The lowest BCUT2D eigenvalue weighted by Crippen LogP contribution is -2.32. The topological polar surface area (TPSA) is 148 Å². The maximum Gasteiger partial charge on any atom is 0.302 e. The first-order chi connectivity index (χ1) is 14.1. The summed E-state index contributed by atoms with van der Waals surface area (Å²) in [5, 5.41) is 20.5. The van der Waals surface area contributed by atoms with Crippen molar-refractivity contribution >= 4 is 56.2 Å². The number of nitrogens with one attached hydrogen (secondary N) is 1. The minimum Gasteiger partial charge on any atom is -0.397 e. The van der Waals surface area contributed by atoms with Crippen LogP contribution in [0.1, 0.15) is 34.1 Å². The van der Waals surface area contributed by atoms with E-state index in [4.69, 9.17) is 16.0 Å². The minimum atomic E-state index is -0.432. The van der Waals surface area contributed by atoms with Gasteiger partial charge in [-0.2, -0.15) is 16.6 Å². The average molecular weight is 424 g/mol. The molecule has 5 rings (SSSR count). The molecular weight excluding hydrogens is 410 g/mol. The summed E-state index contributed by atoms with van der Waals surface area (Å²) in [5.74, 6) is -0.0879. The van der Waals surface area contributed by atoms with Crippen LogP contribution in [0.5, 0.6) is 0 Å². The predicted molar refractivity (Wildman–Crippen MR) is 109 cm³/mol. The smallest absolute Gasteiger partial charge is 0.302 e. The zero-order valence-electron chi connectivity index (χ0n) is 14.9. The van der Waals surface area contributed by atoms with Crippen molar-refractivity contribution in [1.82, 2.24) is 10.3 Å². The molecule has 4 aromatic rings. The van der Waals surface area contributed by atoms with Gasteiger partial charge in [-0.15, -0.1) is 11.3 Å². The number of rotatable bonds is 4. The molecule has 1 fully saturated rings. The predicted octanol–water partition coefficient (Wildman–Crippen LogP) is 2.92. The number of fused-ring (bicyclic) bond motifs is 1. The number of hydrogen-bond donors (Lipinski definition) is 3. The number of pyridine rings is 1. The van der Waals surface area contributed by atoms with E-state index in [1.54, 1.807) is 10.9 Å². The van der Waals surface area contributed by atoms with E-state index >= 15 is 0 Å². The second-order valence-electron chi connectivity index (χ2n) is 6.63. The van der Waals surface area contributed by atoms with Crippen LogP contribution in [0.4, 0.5) is 17.4 Å². The Bertz CT molecular complexity index is 1300. The highest BCUT2D eigenvalue weighted by Gasteiger charge is 2.36. The maximum absolute atomic E-state index is 12.8. The number of hydrogen-bond acceptors (Lipinski definition) is 9. The molecule has 5 N–H and O–H groups in total. The number of carbonyl (C=O) groups is 1. The van der Waals surface area contributed by atoms with Crippen molar-refractivity contribution in [3.8, 4) is 17.2 Å². The van der Waals surface area contributed by atoms with Gasteiger partial charge in [0.2, 0.25) is 5.27 Å². The summed E-state index contributed by atoms with van der Waals surface area (Å²) in [5.41, 5.74) is 14.3. The summed E-state index contributed by atoms with van der Waals surface area (Å²) >= 11 is 2.61. The second kappa shape index (κ2) is 6.54. The van der Waals surface area contributed by atoms with Gasteiger partial charge in [-0.3, -0.25) is 14.6 Å². The summed E-state index contributed by atoms with van der Waals surface area (Å²) in [4.78, 5) is 17.9. The van der Waals surface area contributed by atoms with Gasteiger partial charge in [0.25, 0.3) is 12.1 Å². The van der Waals surface area contributed by atoms with E-state index in [2.05, 4.69) is 21.6 Å². The summed E-state index contributed by atoms with van der Waals surface area (Å²) in [6.45, 7) is 0. The van der Waals surface area contributed by atoms with Gasteiger partial charge < -0.3 is 11.5 Å². The fraction of sp³-hybridized carbons (Fsp3) is 0.167. The monoisotopic (exact) mass is 424 g/mol. The Hall–Kier alpha value is -3.49. The summed E-state index contributed by atoms with van der Waals surface area (Å²) in [6, 6.07) is 4.32. The molecule has 11 heteroatoms. The molecule has 0 spiro atoms. The number of anilines is 3. The molecule has 1 aliphatic carbocycles. The average Bonchev–Trinajstić information content (AvgIpc) is 3.09.